The number of nitrogens with zero attached hydrogens (tertiary/aromatic N) is 1. The van der Waals surface area contributed by atoms with Gasteiger partial charge in [-0.1, -0.05) is 54.4 Å². The van der Waals surface area contributed by atoms with E-state index in [2.05, 4.69) is 10.6 Å². The predicted molar refractivity (Wildman–Crippen MR) is 135 cm³/mol. The van der Waals surface area contributed by atoms with Crippen LogP contribution in [0.2, 0.25) is 0 Å². The van der Waals surface area contributed by atoms with Crippen LogP contribution in [0.15, 0.2) is 77.5 Å². The van der Waals surface area contributed by atoms with E-state index >= 15 is 0 Å². The Morgan fingerprint density at radius 3 is 2.35 bits per heavy atom. The Kier molecular flexibility index (Phi) is 6.52. The number of imide groups is 1. The van der Waals surface area contributed by atoms with Crippen LogP contribution in [-0.4, -0.2) is 17.7 Å². The molecule has 0 atom stereocenters. The number of hydrogen-bond acceptors (Lipinski definition) is 4. The Morgan fingerprint density at radius 1 is 0.941 bits per heavy atom. The Balaban J connectivity index is 1.53. The molecule has 7 heteroatoms. The summed E-state index contributed by atoms with van der Waals surface area (Å²) < 4.78 is 0. The van der Waals surface area contributed by atoms with Gasteiger partial charge in [0.15, 0.2) is 0 Å². The minimum Gasteiger partial charge on any atom is -0.350 e. The lowest BCUT2D eigenvalue weighted by molar-refractivity contribution is -0.120. The van der Waals surface area contributed by atoms with Crippen LogP contribution in [0.1, 0.15) is 34.0 Å². The molecule has 1 heterocycles. The Morgan fingerprint density at radius 2 is 1.68 bits per heavy atom. The van der Waals surface area contributed by atoms with E-state index in [1.165, 1.54) is 0 Å². The second-order valence-electron chi connectivity index (χ2n) is 8.13. The first-order chi connectivity index (χ1) is 16.3. The van der Waals surface area contributed by atoms with Crippen LogP contribution >= 0.6 is 11.6 Å². The summed E-state index contributed by atoms with van der Waals surface area (Å²) in [6.07, 6.45) is 0.849. The van der Waals surface area contributed by atoms with E-state index in [0.29, 0.717) is 16.9 Å². The standard InChI is InChI=1S/C27H24ClN3O3/c1-4-18-9-11-21(12-10-18)31-26(33)23(28)24(27(31)34)29-20-7-5-6-19(15-20)25(32)30-22-13-8-16(2)14-17(22)3/h5-15,29H,4H2,1-3H3,(H,30,32). The Labute approximate surface area is 203 Å². The van der Waals surface area contributed by atoms with Crippen molar-refractivity contribution in [3.8, 4) is 0 Å². The second-order valence-corrected chi connectivity index (χ2v) is 8.51. The van der Waals surface area contributed by atoms with Crippen LogP contribution < -0.4 is 15.5 Å². The quantitative estimate of drug-likeness (QED) is 0.460. The molecule has 0 saturated heterocycles. The van der Waals surface area contributed by atoms with Gasteiger partial charge in [-0.25, -0.2) is 4.90 Å². The highest BCUT2D eigenvalue weighted by atomic mass is 35.5. The summed E-state index contributed by atoms with van der Waals surface area (Å²) in [5.74, 6) is -1.44. The summed E-state index contributed by atoms with van der Waals surface area (Å²) in [6.45, 7) is 5.95. The van der Waals surface area contributed by atoms with Crippen LogP contribution in [-0.2, 0) is 16.0 Å². The topological polar surface area (TPSA) is 78.5 Å². The highest BCUT2D eigenvalue weighted by Crippen LogP contribution is 2.30. The van der Waals surface area contributed by atoms with Crippen LogP contribution in [0, 0.1) is 13.8 Å². The van der Waals surface area contributed by atoms with Gasteiger partial charge in [0.25, 0.3) is 17.7 Å². The van der Waals surface area contributed by atoms with E-state index in [1.54, 1.807) is 36.4 Å². The third kappa shape index (κ3) is 4.58. The molecule has 4 rings (SSSR count). The predicted octanol–water partition coefficient (Wildman–Crippen LogP) is 5.55. The van der Waals surface area contributed by atoms with E-state index in [9.17, 15) is 14.4 Å². The molecule has 0 fully saturated rings. The SMILES string of the molecule is CCc1ccc(N2C(=O)C(Cl)=C(Nc3cccc(C(=O)Nc4ccc(C)cc4C)c3)C2=O)cc1. The fourth-order valence-electron chi connectivity index (χ4n) is 3.76. The summed E-state index contributed by atoms with van der Waals surface area (Å²) in [6, 6.07) is 19.6. The molecular formula is C27H24ClN3O3. The highest BCUT2D eigenvalue weighted by Gasteiger charge is 2.39. The molecule has 3 aromatic carbocycles. The second kappa shape index (κ2) is 9.53. The summed E-state index contributed by atoms with van der Waals surface area (Å²) in [5.41, 5.74) is 5.16. The van der Waals surface area contributed by atoms with Crippen LogP contribution in [0.25, 0.3) is 0 Å². The van der Waals surface area contributed by atoms with Gasteiger partial charge in [-0.2, -0.15) is 0 Å². The van der Waals surface area contributed by atoms with Crippen molar-refractivity contribution in [3.63, 3.8) is 0 Å². The van der Waals surface area contributed by atoms with E-state index in [0.717, 1.165) is 33.7 Å². The van der Waals surface area contributed by atoms with Gasteiger partial charge in [-0.05, 0) is 67.8 Å². The van der Waals surface area contributed by atoms with Crippen molar-refractivity contribution in [2.24, 2.45) is 0 Å². The zero-order chi connectivity index (χ0) is 24.4. The number of halogens is 1. The first-order valence-corrected chi connectivity index (χ1v) is 11.3. The lowest BCUT2D eigenvalue weighted by atomic mass is 10.1. The third-order valence-electron chi connectivity index (χ3n) is 5.65. The largest absolute Gasteiger partial charge is 0.350 e. The van der Waals surface area contributed by atoms with Crippen LogP contribution in [0.3, 0.4) is 0 Å². The summed E-state index contributed by atoms with van der Waals surface area (Å²) in [4.78, 5) is 39.6. The first-order valence-electron chi connectivity index (χ1n) is 10.9. The minimum absolute atomic E-state index is 0.0295. The lowest BCUT2D eigenvalue weighted by Gasteiger charge is -2.15. The molecule has 3 aromatic rings. The lowest BCUT2D eigenvalue weighted by Crippen LogP contribution is -2.32. The van der Waals surface area contributed by atoms with E-state index in [-0.39, 0.29) is 16.6 Å². The van der Waals surface area contributed by atoms with Gasteiger partial charge in [0.05, 0.1) is 5.69 Å². The molecular weight excluding hydrogens is 450 g/mol. The molecule has 2 N–H and O–H groups in total. The molecule has 0 saturated carbocycles. The number of nitrogens with one attached hydrogen (secondary N) is 2. The fraction of sp³-hybridized carbons (Fsp3) is 0.148. The van der Waals surface area contributed by atoms with E-state index in [4.69, 9.17) is 11.6 Å². The molecule has 0 aliphatic carbocycles. The molecule has 0 aromatic heterocycles. The number of hydrogen-bond donors (Lipinski definition) is 2. The van der Waals surface area contributed by atoms with Gasteiger partial charge in [0.2, 0.25) is 0 Å². The highest BCUT2D eigenvalue weighted by molar-refractivity contribution is 6.53. The van der Waals surface area contributed by atoms with Crippen molar-refractivity contribution in [3.05, 3.63) is 99.7 Å². The molecule has 6 nitrogen and oxygen atoms in total. The molecule has 0 spiro atoms. The van der Waals surface area contributed by atoms with Gasteiger partial charge in [-0.15, -0.1) is 0 Å². The first kappa shape index (κ1) is 23.3. The molecule has 34 heavy (non-hydrogen) atoms. The monoisotopic (exact) mass is 473 g/mol. The van der Waals surface area contributed by atoms with E-state index < -0.39 is 11.8 Å². The summed E-state index contributed by atoms with van der Waals surface area (Å²) in [7, 11) is 0. The van der Waals surface area contributed by atoms with E-state index in [1.807, 2.05) is 51.1 Å². The van der Waals surface area contributed by atoms with Crippen molar-refractivity contribution in [2.75, 3.05) is 15.5 Å². The smallest absolute Gasteiger partial charge is 0.283 e. The Bertz CT molecular complexity index is 1330. The van der Waals surface area contributed by atoms with Gasteiger partial charge in [0, 0.05) is 16.9 Å². The molecule has 1 aliphatic heterocycles. The van der Waals surface area contributed by atoms with Crippen LogP contribution in [0.5, 0.6) is 0 Å². The number of rotatable bonds is 6. The van der Waals surface area contributed by atoms with Gasteiger partial charge >= 0.3 is 0 Å². The van der Waals surface area contributed by atoms with Crippen molar-refractivity contribution in [2.45, 2.75) is 27.2 Å². The molecule has 1 aliphatic rings. The summed E-state index contributed by atoms with van der Waals surface area (Å²) in [5, 5.41) is 5.63. The maximum atomic E-state index is 13.0. The normalized spacial score (nSPS) is 13.5. The minimum atomic E-state index is -0.595. The van der Waals surface area contributed by atoms with Crippen molar-refractivity contribution in [1.82, 2.24) is 0 Å². The Hall–Kier alpha value is -3.90. The zero-order valence-corrected chi connectivity index (χ0v) is 19.9. The van der Waals surface area contributed by atoms with Gasteiger partial charge in [0.1, 0.15) is 10.7 Å². The molecule has 172 valence electrons. The number of carbonyl (C=O) groups excluding carboxylic acids is 3. The number of aryl methyl sites for hydroxylation is 3. The number of carbonyl (C=O) groups is 3. The van der Waals surface area contributed by atoms with Crippen molar-refractivity contribution < 1.29 is 14.4 Å². The number of benzene rings is 3. The third-order valence-corrected chi connectivity index (χ3v) is 6.00. The molecule has 0 unspecified atom stereocenters. The number of anilines is 3. The number of amides is 3. The average molecular weight is 474 g/mol. The van der Waals surface area contributed by atoms with Gasteiger partial charge in [-0.3, -0.25) is 14.4 Å². The zero-order valence-electron chi connectivity index (χ0n) is 19.1. The molecule has 0 radical (unpaired) electrons. The average Bonchev–Trinajstić information content (AvgIpc) is 3.04. The maximum Gasteiger partial charge on any atom is 0.283 e. The van der Waals surface area contributed by atoms with Crippen LogP contribution in [0.4, 0.5) is 17.1 Å². The van der Waals surface area contributed by atoms with Gasteiger partial charge < -0.3 is 10.6 Å². The summed E-state index contributed by atoms with van der Waals surface area (Å²) >= 11 is 6.24. The van der Waals surface area contributed by atoms with Crippen molar-refractivity contribution >= 4 is 46.4 Å². The van der Waals surface area contributed by atoms with Crippen molar-refractivity contribution in [1.29, 1.82) is 0 Å². The molecule has 3 amide bonds. The molecule has 0 bridgehead atoms. The maximum absolute atomic E-state index is 13.0. The fourth-order valence-corrected chi connectivity index (χ4v) is 3.97.